The minimum absolute atomic E-state index is 0.0674. The van der Waals surface area contributed by atoms with Gasteiger partial charge in [0.15, 0.2) is 0 Å². The Kier molecular flexibility index (Phi) is 4.40. The van der Waals surface area contributed by atoms with Gasteiger partial charge in [-0.15, -0.1) is 11.6 Å². The number of ether oxygens (including phenoxy) is 1. The summed E-state index contributed by atoms with van der Waals surface area (Å²) >= 11 is 5.79. The Balaban J connectivity index is 2.84. The van der Waals surface area contributed by atoms with E-state index in [9.17, 15) is 4.79 Å². The van der Waals surface area contributed by atoms with Gasteiger partial charge in [-0.05, 0) is 39.8 Å². The number of alkyl halides is 1. The summed E-state index contributed by atoms with van der Waals surface area (Å²) in [5.74, 6) is 0. The number of nitrogens with zero attached hydrogens (tertiary/aromatic N) is 1. The van der Waals surface area contributed by atoms with E-state index in [4.69, 9.17) is 16.3 Å². The number of anilines is 1. The molecule has 0 fully saturated rings. The van der Waals surface area contributed by atoms with Crippen molar-refractivity contribution in [1.29, 1.82) is 0 Å². The monoisotopic (exact) mass is 255 g/mol. The molecule has 1 amide bonds. The summed E-state index contributed by atoms with van der Waals surface area (Å²) in [5, 5.41) is 0. The second kappa shape index (κ2) is 5.41. The summed E-state index contributed by atoms with van der Waals surface area (Å²) in [5.41, 5.74) is 1.35. The lowest BCUT2D eigenvalue weighted by atomic mass is 10.2. The Morgan fingerprint density at radius 1 is 1.29 bits per heavy atom. The lowest BCUT2D eigenvalue weighted by molar-refractivity contribution is 0.0587. The molecule has 94 valence electrons. The van der Waals surface area contributed by atoms with Crippen LogP contribution in [-0.2, 0) is 4.74 Å². The van der Waals surface area contributed by atoms with Gasteiger partial charge in [0.1, 0.15) is 11.6 Å². The van der Waals surface area contributed by atoms with Crippen LogP contribution in [-0.4, -0.2) is 17.7 Å². The highest BCUT2D eigenvalue weighted by molar-refractivity contribution is 6.21. The zero-order chi connectivity index (χ0) is 13.1. The maximum Gasteiger partial charge on any atom is 0.415 e. The molecule has 0 saturated carbocycles. The number of amides is 1. The fourth-order valence-corrected chi connectivity index (χ4v) is 1.50. The Bertz CT molecular complexity index is 381. The first kappa shape index (κ1) is 13.8. The van der Waals surface area contributed by atoms with Gasteiger partial charge >= 0.3 is 6.09 Å². The van der Waals surface area contributed by atoms with E-state index in [0.717, 1.165) is 11.3 Å². The molecule has 4 heteroatoms. The zero-order valence-electron chi connectivity index (χ0n) is 10.7. The largest absolute Gasteiger partial charge is 0.443 e. The van der Waals surface area contributed by atoms with Gasteiger partial charge in [-0.3, -0.25) is 4.90 Å². The summed E-state index contributed by atoms with van der Waals surface area (Å²) in [7, 11) is 0. The molecule has 0 aliphatic rings. The number of benzene rings is 1. The number of hydrogen-bond acceptors (Lipinski definition) is 2. The van der Waals surface area contributed by atoms with E-state index in [1.165, 1.54) is 4.90 Å². The molecule has 0 aromatic heterocycles. The van der Waals surface area contributed by atoms with Crippen molar-refractivity contribution in [3.63, 3.8) is 0 Å². The Labute approximate surface area is 107 Å². The van der Waals surface area contributed by atoms with Gasteiger partial charge in [0, 0.05) is 5.69 Å². The van der Waals surface area contributed by atoms with E-state index < -0.39 is 11.7 Å². The molecular weight excluding hydrogens is 238 g/mol. The average Bonchev–Trinajstić information content (AvgIpc) is 2.19. The van der Waals surface area contributed by atoms with Crippen LogP contribution in [0.2, 0.25) is 0 Å². The van der Waals surface area contributed by atoms with Crippen LogP contribution in [0.25, 0.3) is 0 Å². The van der Waals surface area contributed by atoms with E-state index in [0.29, 0.717) is 0 Å². The van der Waals surface area contributed by atoms with Crippen molar-refractivity contribution in [2.24, 2.45) is 0 Å². The predicted molar refractivity (Wildman–Crippen MR) is 70.6 cm³/mol. The fourth-order valence-electron chi connectivity index (χ4n) is 1.26. The van der Waals surface area contributed by atoms with E-state index in [1.54, 1.807) is 0 Å². The highest BCUT2D eigenvalue weighted by Crippen LogP contribution is 2.19. The van der Waals surface area contributed by atoms with Crippen LogP contribution in [0.15, 0.2) is 24.3 Å². The van der Waals surface area contributed by atoms with Crippen LogP contribution in [0.4, 0.5) is 10.5 Å². The fraction of sp³-hybridized carbons (Fsp3) is 0.462. The molecule has 1 aromatic carbocycles. The average molecular weight is 256 g/mol. The summed E-state index contributed by atoms with van der Waals surface area (Å²) in [4.78, 5) is 13.3. The molecule has 0 N–H and O–H groups in total. The van der Waals surface area contributed by atoms with E-state index in [1.807, 2.05) is 52.0 Å². The van der Waals surface area contributed by atoms with Crippen molar-refractivity contribution in [3.05, 3.63) is 29.8 Å². The molecular formula is C13H18ClNO2. The second-order valence-corrected chi connectivity index (χ2v) is 5.10. The van der Waals surface area contributed by atoms with Gasteiger partial charge in [-0.2, -0.15) is 0 Å². The quantitative estimate of drug-likeness (QED) is 0.592. The molecule has 0 aliphatic carbocycles. The normalized spacial score (nSPS) is 11.1. The van der Waals surface area contributed by atoms with Crippen LogP contribution in [0.3, 0.4) is 0 Å². The molecule has 1 rings (SSSR count). The van der Waals surface area contributed by atoms with Gasteiger partial charge in [0.2, 0.25) is 0 Å². The summed E-state index contributed by atoms with van der Waals surface area (Å²) in [6.07, 6.45) is -0.434. The molecule has 0 atom stereocenters. The topological polar surface area (TPSA) is 29.5 Å². The van der Waals surface area contributed by atoms with Gasteiger partial charge in [-0.25, -0.2) is 4.79 Å². The number of rotatable bonds is 2. The predicted octanol–water partition coefficient (Wildman–Crippen LogP) is 3.93. The highest BCUT2D eigenvalue weighted by atomic mass is 35.5. The lowest BCUT2D eigenvalue weighted by Gasteiger charge is -2.26. The first-order valence-electron chi connectivity index (χ1n) is 5.46. The minimum atomic E-state index is -0.522. The number of carbonyl (C=O) groups excluding carboxylic acids is 1. The van der Waals surface area contributed by atoms with Crippen molar-refractivity contribution in [1.82, 2.24) is 0 Å². The van der Waals surface area contributed by atoms with Crippen molar-refractivity contribution in [3.8, 4) is 0 Å². The third-order valence-electron chi connectivity index (χ3n) is 2.08. The molecule has 3 nitrogen and oxygen atoms in total. The van der Waals surface area contributed by atoms with Crippen LogP contribution in [0, 0.1) is 6.92 Å². The molecule has 0 heterocycles. The Hall–Kier alpha value is -1.22. The third kappa shape index (κ3) is 4.27. The first-order chi connectivity index (χ1) is 7.83. The van der Waals surface area contributed by atoms with Crippen molar-refractivity contribution in [2.75, 3.05) is 10.9 Å². The van der Waals surface area contributed by atoms with Gasteiger partial charge in [0.05, 0.1) is 0 Å². The molecule has 0 radical (unpaired) electrons. The van der Waals surface area contributed by atoms with Crippen molar-refractivity contribution >= 4 is 23.4 Å². The second-order valence-electron chi connectivity index (χ2n) is 4.86. The van der Waals surface area contributed by atoms with Gasteiger partial charge in [0.25, 0.3) is 0 Å². The highest BCUT2D eigenvalue weighted by Gasteiger charge is 2.22. The van der Waals surface area contributed by atoms with E-state index >= 15 is 0 Å². The third-order valence-corrected chi connectivity index (χ3v) is 2.32. The molecule has 0 bridgehead atoms. The van der Waals surface area contributed by atoms with Crippen LogP contribution >= 0.6 is 11.6 Å². The molecule has 0 aliphatic heterocycles. The van der Waals surface area contributed by atoms with Crippen LogP contribution in [0.1, 0.15) is 26.3 Å². The summed E-state index contributed by atoms with van der Waals surface area (Å²) in [6, 6.07) is 7.62. The maximum atomic E-state index is 11.9. The smallest absolute Gasteiger partial charge is 0.415 e. The number of hydrogen-bond donors (Lipinski definition) is 0. The number of carbonyl (C=O) groups is 1. The molecule has 0 saturated heterocycles. The summed E-state index contributed by atoms with van der Waals surface area (Å²) < 4.78 is 5.28. The SMILES string of the molecule is Cc1ccc(N(CCl)C(=O)OC(C)(C)C)cc1. The van der Waals surface area contributed by atoms with E-state index in [-0.39, 0.29) is 6.00 Å². The number of halogens is 1. The summed E-state index contributed by atoms with van der Waals surface area (Å²) in [6.45, 7) is 7.47. The lowest BCUT2D eigenvalue weighted by Crippen LogP contribution is -2.36. The van der Waals surface area contributed by atoms with Gasteiger partial charge in [-0.1, -0.05) is 17.7 Å². The Morgan fingerprint density at radius 3 is 2.24 bits per heavy atom. The molecule has 17 heavy (non-hydrogen) atoms. The molecule has 0 unspecified atom stereocenters. The Morgan fingerprint density at radius 2 is 1.82 bits per heavy atom. The van der Waals surface area contributed by atoms with Crippen molar-refractivity contribution in [2.45, 2.75) is 33.3 Å². The standard InChI is InChI=1S/C13H18ClNO2/c1-10-5-7-11(8-6-10)15(9-14)12(16)17-13(2,3)4/h5-8H,9H2,1-4H3. The zero-order valence-corrected chi connectivity index (χ0v) is 11.4. The van der Waals surface area contributed by atoms with Gasteiger partial charge < -0.3 is 4.74 Å². The van der Waals surface area contributed by atoms with E-state index in [2.05, 4.69) is 0 Å². The number of aryl methyl sites for hydroxylation is 1. The maximum absolute atomic E-state index is 11.9. The molecule has 0 spiro atoms. The van der Waals surface area contributed by atoms with Crippen LogP contribution in [0.5, 0.6) is 0 Å². The molecule has 1 aromatic rings. The first-order valence-corrected chi connectivity index (χ1v) is 6.00. The minimum Gasteiger partial charge on any atom is -0.443 e. The van der Waals surface area contributed by atoms with Crippen LogP contribution < -0.4 is 4.90 Å². The van der Waals surface area contributed by atoms with Crippen molar-refractivity contribution < 1.29 is 9.53 Å².